The first-order valence-corrected chi connectivity index (χ1v) is 9.81. The van der Waals surface area contributed by atoms with E-state index < -0.39 is 0 Å². The van der Waals surface area contributed by atoms with Crippen LogP contribution in [0.5, 0.6) is 0 Å². The molecule has 1 aliphatic rings. The molecule has 0 spiro atoms. The fraction of sp³-hybridized carbons (Fsp3) is 0.240. The summed E-state index contributed by atoms with van der Waals surface area (Å²) in [5.41, 5.74) is 14.1. The summed E-state index contributed by atoms with van der Waals surface area (Å²) in [6.07, 6.45) is 1.07. The van der Waals surface area contributed by atoms with Crippen LogP contribution in [0.15, 0.2) is 66.7 Å². The smallest absolute Gasteiger partial charge is 0.0991 e. The van der Waals surface area contributed by atoms with Gasteiger partial charge in [0.15, 0.2) is 0 Å². The maximum absolute atomic E-state index is 9.12. The van der Waals surface area contributed by atoms with Crippen molar-refractivity contribution in [2.45, 2.75) is 25.9 Å². The minimum atomic E-state index is 0.296. The molecule has 140 valence electrons. The largest absolute Gasteiger partial charge is 0.326 e. The number of nitrogens with zero attached hydrogens (tertiary/aromatic N) is 2. The Hall–Kier alpha value is -2.93. The highest BCUT2D eigenvalue weighted by molar-refractivity contribution is 5.84. The molecule has 3 aromatic carbocycles. The number of aryl methyl sites for hydroxylation is 1. The molecule has 0 saturated carbocycles. The molecule has 0 amide bonds. The summed E-state index contributed by atoms with van der Waals surface area (Å²) in [7, 11) is 0. The molecule has 0 bridgehead atoms. The second-order valence-corrected chi connectivity index (χ2v) is 7.72. The molecule has 1 atom stereocenters. The summed E-state index contributed by atoms with van der Waals surface area (Å²) in [6.45, 7) is 5.05. The van der Waals surface area contributed by atoms with Crippen LogP contribution < -0.4 is 5.73 Å². The third kappa shape index (κ3) is 3.99. The van der Waals surface area contributed by atoms with Gasteiger partial charge in [-0.3, -0.25) is 4.90 Å². The molecule has 2 N–H and O–H groups in total. The van der Waals surface area contributed by atoms with E-state index >= 15 is 0 Å². The second kappa shape index (κ2) is 7.98. The molecule has 0 unspecified atom stereocenters. The van der Waals surface area contributed by atoms with Crippen molar-refractivity contribution in [2.75, 3.05) is 13.1 Å². The Labute approximate surface area is 167 Å². The van der Waals surface area contributed by atoms with Crippen LogP contribution in [0.25, 0.3) is 22.3 Å². The van der Waals surface area contributed by atoms with Gasteiger partial charge in [0, 0.05) is 25.7 Å². The van der Waals surface area contributed by atoms with Crippen LogP contribution in [-0.4, -0.2) is 24.0 Å². The van der Waals surface area contributed by atoms with Gasteiger partial charge < -0.3 is 5.73 Å². The molecule has 0 radical (unpaired) electrons. The van der Waals surface area contributed by atoms with Crippen molar-refractivity contribution < 1.29 is 0 Å². The first-order chi connectivity index (χ1) is 13.6. The number of nitriles is 1. The maximum Gasteiger partial charge on any atom is 0.0991 e. The standard InChI is InChI=1S/C25H25N3/c1-18-2-7-21(8-3-18)24-11-6-20(16-28-13-12-23(27)17-28)14-25(24)22-9-4-19(15-26)5-10-22/h2-11,14,23H,12-13,16-17,27H2,1H3/t23-/m0/s1. The van der Waals surface area contributed by atoms with Crippen LogP contribution in [0, 0.1) is 18.3 Å². The van der Waals surface area contributed by atoms with E-state index in [1.54, 1.807) is 0 Å². The van der Waals surface area contributed by atoms with Crippen molar-refractivity contribution in [2.24, 2.45) is 5.73 Å². The molecule has 0 aliphatic carbocycles. The zero-order valence-electron chi connectivity index (χ0n) is 16.2. The second-order valence-electron chi connectivity index (χ2n) is 7.72. The summed E-state index contributed by atoms with van der Waals surface area (Å²) in [6, 6.07) is 25.8. The van der Waals surface area contributed by atoms with Crippen LogP contribution in [0.2, 0.25) is 0 Å². The highest BCUT2D eigenvalue weighted by atomic mass is 15.2. The number of hydrogen-bond acceptors (Lipinski definition) is 3. The number of hydrogen-bond donors (Lipinski definition) is 1. The van der Waals surface area contributed by atoms with Crippen LogP contribution in [0.4, 0.5) is 0 Å². The van der Waals surface area contributed by atoms with E-state index in [9.17, 15) is 0 Å². The fourth-order valence-electron chi connectivity index (χ4n) is 3.90. The fourth-order valence-corrected chi connectivity index (χ4v) is 3.90. The molecule has 3 aromatic rings. The lowest BCUT2D eigenvalue weighted by Crippen LogP contribution is -2.26. The van der Waals surface area contributed by atoms with Gasteiger partial charge in [-0.25, -0.2) is 0 Å². The van der Waals surface area contributed by atoms with Crippen molar-refractivity contribution in [1.29, 1.82) is 5.26 Å². The predicted octanol–water partition coefficient (Wildman–Crippen LogP) is 4.73. The molecule has 1 heterocycles. The van der Waals surface area contributed by atoms with E-state index in [1.807, 2.05) is 24.3 Å². The highest BCUT2D eigenvalue weighted by Gasteiger charge is 2.19. The Morgan fingerprint density at radius 3 is 2.29 bits per heavy atom. The summed E-state index contributed by atoms with van der Waals surface area (Å²) in [5.74, 6) is 0. The van der Waals surface area contributed by atoms with Crippen molar-refractivity contribution in [3.05, 3.63) is 83.4 Å². The first-order valence-electron chi connectivity index (χ1n) is 9.81. The molecule has 4 rings (SSSR count). The van der Waals surface area contributed by atoms with E-state index in [0.717, 1.165) is 31.6 Å². The Morgan fingerprint density at radius 2 is 1.64 bits per heavy atom. The average Bonchev–Trinajstić information content (AvgIpc) is 3.13. The SMILES string of the molecule is Cc1ccc(-c2ccc(CN3CC[C@H](N)C3)cc2-c2ccc(C#N)cc2)cc1. The lowest BCUT2D eigenvalue weighted by atomic mass is 9.92. The Kier molecular flexibility index (Phi) is 5.25. The van der Waals surface area contributed by atoms with E-state index in [0.29, 0.717) is 11.6 Å². The van der Waals surface area contributed by atoms with E-state index in [2.05, 4.69) is 60.4 Å². The summed E-state index contributed by atoms with van der Waals surface area (Å²) in [5, 5.41) is 9.12. The van der Waals surface area contributed by atoms with E-state index in [4.69, 9.17) is 11.0 Å². The third-order valence-corrected chi connectivity index (χ3v) is 5.49. The molecular formula is C25H25N3. The van der Waals surface area contributed by atoms with Crippen LogP contribution in [-0.2, 0) is 6.54 Å². The van der Waals surface area contributed by atoms with Crippen molar-refractivity contribution in [1.82, 2.24) is 4.90 Å². The van der Waals surface area contributed by atoms with Crippen LogP contribution >= 0.6 is 0 Å². The third-order valence-electron chi connectivity index (χ3n) is 5.49. The molecule has 28 heavy (non-hydrogen) atoms. The Bertz CT molecular complexity index is 997. The van der Waals surface area contributed by atoms with Gasteiger partial charge in [-0.2, -0.15) is 5.26 Å². The number of rotatable bonds is 4. The minimum Gasteiger partial charge on any atom is -0.326 e. The number of nitrogens with two attached hydrogens (primary N) is 1. The van der Waals surface area contributed by atoms with E-state index in [-0.39, 0.29) is 0 Å². The lowest BCUT2D eigenvalue weighted by molar-refractivity contribution is 0.327. The van der Waals surface area contributed by atoms with Gasteiger partial charge in [0.2, 0.25) is 0 Å². The Balaban J connectivity index is 1.74. The molecule has 1 aliphatic heterocycles. The molecule has 1 fully saturated rings. The first kappa shape index (κ1) is 18.4. The predicted molar refractivity (Wildman–Crippen MR) is 115 cm³/mol. The van der Waals surface area contributed by atoms with Crippen molar-refractivity contribution in [3.8, 4) is 28.3 Å². The quantitative estimate of drug-likeness (QED) is 0.725. The van der Waals surface area contributed by atoms with Crippen LogP contribution in [0.1, 0.15) is 23.1 Å². The van der Waals surface area contributed by atoms with Crippen molar-refractivity contribution in [3.63, 3.8) is 0 Å². The Morgan fingerprint density at radius 1 is 0.964 bits per heavy atom. The van der Waals surface area contributed by atoms with Crippen LogP contribution in [0.3, 0.4) is 0 Å². The summed E-state index contributed by atoms with van der Waals surface area (Å²) < 4.78 is 0. The molecular weight excluding hydrogens is 342 g/mol. The lowest BCUT2D eigenvalue weighted by Gasteiger charge is -2.18. The van der Waals surface area contributed by atoms with Crippen molar-refractivity contribution >= 4 is 0 Å². The van der Waals surface area contributed by atoms with E-state index in [1.165, 1.54) is 27.8 Å². The highest BCUT2D eigenvalue weighted by Crippen LogP contribution is 2.34. The number of benzene rings is 3. The van der Waals surface area contributed by atoms with Gasteiger partial charge in [-0.1, -0.05) is 54.1 Å². The molecule has 3 heteroatoms. The average molecular weight is 367 g/mol. The van der Waals surface area contributed by atoms with Gasteiger partial charge in [-0.15, -0.1) is 0 Å². The minimum absolute atomic E-state index is 0.296. The summed E-state index contributed by atoms with van der Waals surface area (Å²) >= 11 is 0. The summed E-state index contributed by atoms with van der Waals surface area (Å²) in [4.78, 5) is 2.42. The number of likely N-dealkylation sites (tertiary alicyclic amines) is 1. The van der Waals surface area contributed by atoms with Gasteiger partial charge >= 0.3 is 0 Å². The van der Waals surface area contributed by atoms with Gasteiger partial charge in [0.1, 0.15) is 0 Å². The zero-order chi connectivity index (χ0) is 19.5. The normalized spacial score (nSPS) is 16.8. The maximum atomic E-state index is 9.12. The van der Waals surface area contributed by atoms with Gasteiger partial charge in [-0.05, 0) is 59.4 Å². The van der Waals surface area contributed by atoms with Gasteiger partial charge in [0.25, 0.3) is 0 Å². The monoisotopic (exact) mass is 367 g/mol. The van der Waals surface area contributed by atoms with Gasteiger partial charge in [0.05, 0.1) is 11.6 Å². The molecule has 0 aromatic heterocycles. The zero-order valence-corrected chi connectivity index (χ0v) is 16.2. The molecule has 1 saturated heterocycles. The molecule has 3 nitrogen and oxygen atoms in total. The topological polar surface area (TPSA) is 53.0 Å².